The molecule has 0 radical (unpaired) electrons. The van der Waals surface area contributed by atoms with Gasteiger partial charge in [0.2, 0.25) is 11.8 Å². The van der Waals surface area contributed by atoms with E-state index in [4.69, 9.17) is 0 Å². The predicted molar refractivity (Wildman–Crippen MR) is 84.2 cm³/mol. The molecule has 0 heterocycles. The molecule has 0 aliphatic heterocycles. The van der Waals surface area contributed by atoms with E-state index in [2.05, 4.69) is 10.6 Å². The summed E-state index contributed by atoms with van der Waals surface area (Å²) in [4.78, 5) is 23.0. The number of aryl methyl sites for hydroxylation is 1. The summed E-state index contributed by atoms with van der Waals surface area (Å²) in [5, 5.41) is 5.49. The second-order valence-corrected chi connectivity index (χ2v) is 5.06. The molecule has 2 N–H and O–H groups in total. The highest BCUT2D eigenvalue weighted by Gasteiger charge is 2.06. The van der Waals surface area contributed by atoms with E-state index in [0.717, 1.165) is 11.1 Å². The minimum Gasteiger partial charge on any atom is -0.326 e. The molecule has 0 spiro atoms. The van der Waals surface area contributed by atoms with Crippen LogP contribution in [0.1, 0.15) is 18.1 Å². The molecule has 5 heteroatoms. The highest BCUT2D eigenvalue weighted by Crippen LogP contribution is 2.20. The summed E-state index contributed by atoms with van der Waals surface area (Å²) < 4.78 is 12.8. The van der Waals surface area contributed by atoms with E-state index in [1.165, 1.54) is 19.1 Å². The van der Waals surface area contributed by atoms with Gasteiger partial charge in [-0.2, -0.15) is 0 Å². The number of anilines is 2. The lowest BCUT2D eigenvalue weighted by Crippen LogP contribution is -2.15. The Bertz CT molecular complexity index is 696. The van der Waals surface area contributed by atoms with Crippen LogP contribution in [0.4, 0.5) is 15.8 Å². The molecule has 22 heavy (non-hydrogen) atoms. The molecule has 0 atom stereocenters. The molecule has 0 unspecified atom stereocenters. The summed E-state index contributed by atoms with van der Waals surface area (Å²) in [5.41, 5.74) is 2.96. The Hall–Kier alpha value is -2.69. The van der Waals surface area contributed by atoms with Gasteiger partial charge >= 0.3 is 0 Å². The van der Waals surface area contributed by atoms with Crippen molar-refractivity contribution >= 4 is 23.2 Å². The van der Waals surface area contributed by atoms with Crippen molar-refractivity contribution in [2.45, 2.75) is 20.3 Å². The van der Waals surface area contributed by atoms with Gasteiger partial charge in [-0.3, -0.25) is 9.59 Å². The van der Waals surface area contributed by atoms with Crippen LogP contribution in [-0.2, 0) is 16.0 Å². The fourth-order valence-corrected chi connectivity index (χ4v) is 2.06. The summed E-state index contributed by atoms with van der Waals surface area (Å²) in [6, 6.07) is 11.1. The maximum absolute atomic E-state index is 12.8. The van der Waals surface area contributed by atoms with Gasteiger partial charge < -0.3 is 10.6 Å². The average molecular weight is 300 g/mol. The third-order valence-corrected chi connectivity index (χ3v) is 3.10. The molecule has 2 rings (SSSR count). The van der Waals surface area contributed by atoms with Crippen molar-refractivity contribution in [3.05, 3.63) is 59.4 Å². The largest absolute Gasteiger partial charge is 0.326 e. The number of amides is 2. The van der Waals surface area contributed by atoms with E-state index in [1.807, 2.05) is 6.92 Å². The van der Waals surface area contributed by atoms with Crippen LogP contribution in [0, 0.1) is 12.7 Å². The van der Waals surface area contributed by atoms with Crippen molar-refractivity contribution in [1.29, 1.82) is 0 Å². The Morgan fingerprint density at radius 2 is 1.73 bits per heavy atom. The molecule has 0 saturated carbocycles. The number of rotatable bonds is 4. The Balaban J connectivity index is 2.01. The van der Waals surface area contributed by atoms with Gasteiger partial charge in [-0.05, 0) is 48.4 Å². The Labute approximate surface area is 128 Å². The third kappa shape index (κ3) is 4.41. The number of halogens is 1. The molecule has 0 saturated heterocycles. The fourth-order valence-electron chi connectivity index (χ4n) is 2.06. The van der Waals surface area contributed by atoms with E-state index in [1.54, 1.807) is 30.3 Å². The van der Waals surface area contributed by atoms with Crippen molar-refractivity contribution in [3.8, 4) is 0 Å². The van der Waals surface area contributed by atoms with Crippen LogP contribution in [-0.4, -0.2) is 11.8 Å². The fraction of sp³-hybridized carbons (Fsp3) is 0.176. The van der Waals surface area contributed by atoms with E-state index in [0.29, 0.717) is 11.4 Å². The van der Waals surface area contributed by atoms with E-state index in [-0.39, 0.29) is 24.1 Å². The zero-order valence-corrected chi connectivity index (χ0v) is 12.4. The summed E-state index contributed by atoms with van der Waals surface area (Å²) in [6.45, 7) is 3.29. The zero-order valence-electron chi connectivity index (χ0n) is 12.4. The lowest BCUT2D eigenvalue weighted by atomic mass is 10.1. The van der Waals surface area contributed by atoms with Gasteiger partial charge in [0.15, 0.2) is 0 Å². The first kappa shape index (κ1) is 15.7. The quantitative estimate of drug-likeness (QED) is 0.910. The lowest BCUT2D eigenvalue weighted by molar-refractivity contribution is -0.116. The van der Waals surface area contributed by atoms with Crippen molar-refractivity contribution in [2.75, 3.05) is 10.6 Å². The van der Waals surface area contributed by atoms with Gasteiger partial charge in [0.1, 0.15) is 5.82 Å². The molecule has 2 aromatic carbocycles. The number of hydrogen-bond acceptors (Lipinski definition) is 2. The van der Waals surface area contributed by atoms with Crippen LogP contribution < -0.4 is 10.6 Å². The maximum atomic E-state index is 12.8. The van der Waals surface area contributed by atoms with Crippen molar-refractivity contribution < 1.29 is 14.0 Å². The number of carbonyl (C=O) groups is 2. The van der Waals surface area contributed by atoms with E-state index >= 15 is 0 Å². The second kappa shape index (κ2) is 6.85. The molecular weight excluding hydrogens is 283 g/mol. The average Bonchev–Trinajstić information content (AvgIpc) is 2.44. The van der Waals surface area contributed by atoms with Gasteiger partial charge in [-0.15, -0.1) is 0 Å². The van der Waals surface area contributed by atoms with Crippen LogP contribution >= 0.6 is 0 Å². The summed E-state index contributed by atoms with van der Waals surface area (Å²) in [6.07, 6.45) is 0.173. The van der Waals surface area contributed by atoms with Crippen LogP contribution in [0.3, 0.4) is 0 Å². The smallest absolute Gasteiger partial charge is 0.228 e. The number of carbonyl (C=O) groups excluding carboxylic acids is 2. The Kier molecular flexibility index (Phi) is 4.88. The third-order valence-electron chi connectivity index (χ3n) is 3.10. The molecule has 2 amide bonds. The minimum absolute atomic E-state index is 0.142. The van der Waals surface area contributed by atoms with Crippen molar-refractivity contribution in [2.24, 2.45) is 0 Å². The molecule has 0 bridgehead atoms. The van der Waals surface area contributed by atoms with Crippen LogP contribution in [0.15, 0.2) is 42.5 Å². The summed E-state index contributed by atoms with van der Waals surface area (Å²) in [7, 11) is 0. The highest BCUT2D eigenvalue weighted by atomic mass is 19.1. The highest BCUT2D eigenvalue weighted by molar-refractivity contribution is 5.93. The SMILES string of the molecule is CC(=O)Nc1ccc(NC(=O)Cc2ccc(F)cc2)cc1C. The van der Waals surface area contributed by atoms with Crippen molar-refractivity contribution in [3.63, 3.8) is 0 Å². The van der Waals surface area contributed by atoms with Crippen LogP contribution in [0.5, 0.6) is 0 Å². The first-order chi connectivity index (χ1) is 10.4. The normalized spacial score (nSPS) is 10.1. The Morgan fingerprint density at radius 3 is 2.32 bits per heavy atom. The minimum atomic E-state index is -0.326. The van der Waals surface area contributed by atoms with Gasteiger partial charge in [0, 0.05) is 18.3 Å². The van der Waals surface area contributed by atoms with Gasteiger partial charge in [-0.1, -0.05) is 12.1 Å². The molecule has 0 aliphatic carbocycles. The number of benzene rings is 2. The summed E-state index contributed by atoms with van der Waals surface area (Å²) >= 11 is 0. The molecule has 2 aromatic rings. The number of nitrogens with one attached hydrogen (secondary N) is 2. The monoisotopic (exact) mass is 300 g/mol. The topological polar surface area (TPSA) is 58.2 Å². The molecular formula is C17H17FN2O2. The first-order valence-electron chi connectivity index (χ1n) is 6.86. The van der Waals surface area contributed by atoms with E-state index in [9.17, 15) is 14.0 Å². The molecule has 114 valence electrons. The van der Waals surface area contributed by atoms with Crippen molar-refractivity contribution in [1.82, 2.24) is 0 Å². The maximum Gasteiger partial charge on any atom is 0.228 e. The van der Waals surface area contributed by atoms with Crippen LogP contribution in [0.2, 0.25) is 0 Å². The second-order valence-electron chi connectivity index (χ2n) is 5.06. The van der Waals surface area contributed by atoms with Gasteiger partial charge in [0.05, 0.1) is 6.42 Å². The predicted octanol–water partition coefficient (Wildman–Crippen LogP) is 3.27. The van der Waals surface area contributed by atoms with Gasteiger partial charge in [0.25, 0.3) is 0 Å². The van der Waals surface area contributed by atoms with E-state index < -0.39 is 0 Å². The first-order valence-corrected chi connectivity index (χ1v) is 6.86. The molecule has 4 nitrogen and oxygen atoms in total. The number of hydrogen-bond donors (Lipinski definition) is 2. The summed E-state index contributed by atoms with van der Waals surface area (Å²) in [5.74, 6) is -0.650. The molecule has 0 aromatic heterocycles. The lowest BCUT2D eigenvalue weighted by Gasteiger charge is -2.10. The molecule has 0 aliphatic rings. The van der Waals surface area contributed by atoms with Crippen LogP contribution in [0.25, 0.3) is 0 Å². The standard InChI is InChI=1S/C17H17FN2O2/c1-11-9-15(7-8-16(11)19-12(2)21)20-17(22)10-13-3-5-14(18)6-4-13/h3-9H,10H2,1-2H3,(H,19,21)(H,20,22). The zero-order chi connectivity index (χ0) is 16.1. The molecule has 0 fully saturated rings. The Morgan fingerprint density at radius 1 is 1.05 bits per heavy atom. The van der Waals surface area contributed by atoms with Gasteiger partial charge in [-0.25, -0.2) is 4.39 Å².